The molecule has 5 heteroatoms. The first-order valence-electron chi connectivity index (χ1n) is 5.07. The monoisotopic (exact) mass is 252 g/mol. The molecule has 0 saturated carbocycles. The molecular formula is C12H12O4S. The fourth-order valence-corrected chi connectivity index (χ4v) is 2.53. The zero-order valence-corrected chi connectivity index (χ0v) is 10.2. The van der Waals surface area contributed by atoms with Crippen LogP contribution in [0.3, 0.4) is 0 Å². The maximum Gasteiger partial charge on any atom is 0.371 e. The highest BCUT2D eigenvalue weighted by Gasteiger charge is 2.19. The van der Waals surface area contributed by atoms with Crippen molar-refractivity contribution in [3.8, 4) is 0 Å². The molecule has 0 aliphatic heterocycles. The number of aliphatic hydroxyl groups is 1. The summed E-state index contributed by atoms with van der Waals surface area (Å²) >= 11 is 1.48. The lowest BCUT2D eigenvalue weighted by atomic mass is 10.2. The number of hydrogen-bond donors (Lipinski definition) is 2. The van der Waals surface area contributed by atoms with E-state index >= 15 is 0 Å². The first kappa shape index (κ1) is 11.9. The number of thiophene rings is 1. The molecule has 0 aliphatic carbocycles. The summed E-state index contributed by atoms with van der Waals surface area (Å²) in [5.41, 5.74) is 1.11. The third-order valence-electron chi connectivity index (χ3n) is 2.56. The lowest BCUT2D eigenvalue weighted by molar-refractivity contribution is 0.0655. The van der Waals surface area contributed by atoms with Crippen molar-refractivity contribution >= 4 is 17.3 Å². The Morgan fingerprint density at radius 3 is 2.59 bits per heavy atom. The van der Waals surface area contributed by atoms with Gasteiger partial charge in [-0.2, -0.15) is 0 Å². The van der Waals surface area contributed by atoms with Crippen molar-refractivity contribution in [3.05, 3.63) is 45.0 Å². The Kier molecular flexibility index (Phi) is 3.04. The van der Waals surface area contributed by atoms with Crippen molar-refractivity contribution in [2.24, 2.45) is 0 Å². The van der Waals surface area contributed by atoms with Gasteiger partial charge in [-0.05, 0) is 37.6 Å². The van der Waals surface area contributed by atoms with Gasteiger partial charge in [0.15, 0.2) is 0 Å². The number of rotatable bonds is 3. The van der Waals surface area contributed by atoms with Crippen LogP contribution in [-0.2, 0) is 0 Å². The van der Waals surface area contributed by atoms with Gasteiger partial charge in [-0.1, -0.05) is 0 Å². The van der Waals surface area contributed by atoms with Gasteiger partial charge in [0, 0.05) is 9.75 Å². The van der Waals surface area contributed by atoms with E-state index in [1.54, 1.807) is 0 Å². The van der Waals surface area contributed by atoms with Crippen LogP contribution in [0.25, 0.3) is 0 Å². The molecule has 2 aromatic heterocycles. The molecule has 2 aromatic rings. The molecule has 0 amide bonds. The van der Waals surface area contributed by atoms with E-state index in [4.69, 9.17) is 9.52 Å². The third-order valence-corrected chi connectivity index (χ3v) is 3.77. The number of aromatic carboxylic acids is 1. The molecular weight excluding hydrogens is 240 g/mol. The first-order valence-corrected chi connectivity index (χ1v) is 5.88. The molecule has 4 nitrogen and oxygen atoms in total. The van der Waals surface area contributed by atoms with Crippen LogP contribution in [0.2, 0.25) is 0 Å². The number of hydrogen-bond acceptors (Lipinski definition) is 4. The maximum atomic E-state index is 10.7. The molecule has 2 rings (SSSR count). The zero-order chi connectivity index (χ0) is 12.6. The van der Waals surface area contributed by atoms with Crippen molar-refractivity contribution in [3.63, 3.8) is 0 Å². The minimum Gasteiger partial charge on any atom is -0.475 e. The largest absolute Gasteiger partial charge is 0.475 e. The highest BCUT2D eigenvalue weighted by molar-refractivity contribution is 7.12. The van der Waals surface area contributed by atoms with Gasteiger partial charge in [0.2, 0.25) is 5.76 Å². The molecule has 0 fully saturated rings. The molecule has 0 radical (unpaired) electrons. The van der Waals surface area contributed by atoms with Gasteiger partial charge in [0.25, 0.3) is 0 Å². The molecule has 17 heavy (non-hydrogen) atoms. The second-order valence-corrected chi connectivity index (χ2v) is 5.09. The molecule has 0 saturated heterocycles. The Bertz CT molecular complexity index is 533. The number of furan rings is 1. The second-order valence-electron chi connectivity index (χ2n) is 3.80. The highest BCUT2D eigenvalue weighted by Crippen LogP contribution is 2.31. The van der Waals surface area contributed by atoms with E-state index in [9.17, 15) is 9.90 Å². The molecule has 0 spiro atoms. The summed E-state index contributed by atoms with van der Waals surface area (Å²) < 4.78 is 5.07. The number of aliphatic hydroxyl groups excluding tert-OH is 1. The van der Waals surface area contributed by atoms with Crippen LogP contribution in [0.15, 0.2) is 22.6 Å². The van der Waals surface area contributed by atoms with Crippen LogP contribution in [0.4, 0.5) is 0 Å². The van der Waals surface area contributed by atoms with Crippen LogP contribution in [0.5, 0.6) is 0 Å². The number of carbonyl (C=O) groups is 1. The van der Waals surface area contributed by atoms with Crippen LogP contribution in [0, 0.1) is 13.8 Å². The van der Waals surface area contributed by atoms with E-state index in [1.165, 1.54) is 23.5 Å². The van der Waals surface area contributed by atoms with E-state index in [2.05, 4.69) is 0 Å². The fraction of sp³-hybridized carbons (Fsp3) is 0.250. The van der Waals surface area contributed by atoms with Crippen LogP contribution in [0.1, 0.15) is 37.7 Å². The van der Waals surface area contributed by atoms with E-state index in [0.29, 0.717) is 0 Å². The molecule has 2 heterocycles. The van der Waals surface area contributed by atoms with E-state index in [0.717, 1.165) is 15.3 Å². The van der Waals surface area contributed by atoms with Crippen molar-refractivity contribution < 1.29 is 19.4 Å². The summed E-state index contributed by atoms with van der Waals surface area (Å²) in [4.78, 5) is 12.5. The van der Waals surface area contributed by atoms with Crippen LogP contribution < -0.4 is 0 Å². The molecule has 90 valence electrons. The lowest BCUT2D eigenvalue weighted by Crippen LogP contribution is -1.96. The summed E-state index contributed by atoms with van der Waals surface area (Å²) in [5, 5.41) is 18.8. The Hall–Kier alpha value is -1.59. The van der Waals surface area contributed by atoms with Gasteiger partial charge in [-0.3, -0.25) is 0 Å². The third kappa shape index (κ3) is 2.25. The summed E-state index contributed by atoms with van der Waals surface area (Å²) in [7, 11) is 0. The Balaban J connectivity index is 2.30. The SMILES string of the molecule is Cc1cc(C(O)c2ccc(C(=O)O)o2)sc1C. The predicted molar refractivity (Wildman–Crippen MR) is 63.5 cm³/mol. The van der Waals surface area contributed by atoms with Crippen molar-refractivity contribution in [2.45, 2.75) is 20.0 Å². The Morgan fingerprint density at radius 1 is 1.41 bits per heavy atom. The number of carboxylic acids is 1. The number of aryl methyl sites for hydroxylation is 2. The van der Waals surface area contributed by atoms with E-state index in [1.807, 2.05) is 19.9 Å². The zero-order valence-electron chi connectivity index (χ0n) is 9.43. The van der Waals surface area contributed by atoms with Crippen molar-refractivity contribution in [2.75, 3.05) is 0 Å². The van der Waals surface area contributed by atoms with Gasteiger partial charge in [0.1, 0.15) is 11.9 Å². The predicted octanol–water partition coefficient (Wildman–Crippen LogP) is 2.74. The first-order chi connectivity index (χ1) is 7.99. The molecule has 0 aliphatic rings. The van der Waals surface area contributed by atoms with Crippen LogP contribution >= 0.6 is 11.3 Å². The van der Waals surface area contributed by atoms with Gasteiger partial charge >= 0.3 is 5.97 Å². The molecule has 0 bridgehead atoms. The highest BCUT2D eigenvalue weighted by atomic mass is 32.1. The minimum absolute atomic E-state index is 0.163. The average Bonchev–Trinajstić information content (AvgIpc) is 2.86. The lowest BCUT2D eigenvalue weighted by Gasteiger charge is -2.03. The summed E-state index contributed by atoms with van der Waals surface area (Å²) in [6.45, 7) is 3.94. The molecule has 2 N–H and O–H groups in total. The van der Waals surface area contributed by atoms with Crippen molar-refractivity contribution in [1.29, 1.82) is 0 Å². The fourth-order valence-electron chi connectivity index (χ4n) is 1.49. The van der Waals surface area contributed by atoms with Gasteiger partial charge in [-0.15, -0.1) is 11.3 Å². The summed E-state index contributed by atoms with van der Waals surface area (Å²) in [5.74, 6) is -1.05. The molecule has 1 unspecified atom stereocenters. The average molecular weight is 252 g/mol. The Labute approximate surface area is 102 Å². The standard InChI is InChI=1S/C12H12O4S/c1-6-5-10(17-7(6)2)11(13)8-3-4-9(16-8)12(14)15/h3-5,11,13H,1-2H3,(H,14,15). The summed E-state index contributed by atoms with van der Waals surface area (Å²) in [6.07, 6.45) is -0.902. The number of carboxylic acid groups (broad SMARTS) is 1. The normalized spacial score (nSPS) is 12.6. The quantitative estimate of drug-likeness (QED) is 0.881. The van der Waals surface area contributed by atoms with Crippen molar-refractivity contribution in [1.82, 2.24) is 0 Å². The van der Waals surface area contributed by atoms with E-state index in [-0.39, 0.29) is 11.5 Å². The molecule has 1 atom stereocenters. The second kappa shape index (κ2) is 4.35. The topological polar surface area (TPSA) is 70.7 Å². The maximum absolute atomic E-state index is 10.7. The van der Waals surface area contributed by atoms with Gasteiger partial charge < -0.3 is 14.6 Å². The smallest absolute Gasteiger partial charge is 0.371 e. The van der Waals surface area contributed by atoms with Gasteiger partial charge in [-0.25, -0.2) is 4.79 Å². The van der Waals surface area contributed by atoms with Crippen LogP contribution in [-0.4, -0.2) is 16.2 Å². The Morgan fingerprint density at radius 2 is 2.12 bits per heavy atom. The minimum atomic E-state index is -1.14. The molecule has 0 aromatic carbocycles. The van der Waals surface area contributed by atoms with Gasteiger partial charge in [0.05, 0.1) is 0 Å². The summed E-state index contributed by atoms with van der Waals surface area (Å²) in [6, 6.07) is 4.71. The van der Waals surface area contributed by atoms with E-state index < -0.39 is 12.1 Å².